The SMILES string of the molecule is O=C(CSc1nnc(NCc2ccccc2)s1)c1ccc(Cl)cc1. The van der Waals surface area contributed by atoms with Gasteiger partial charge in [0.05, 0.1) is 5.75 Å². The molecule has 2 aromatic carbocycles. The molecule has 0 saturated carbocycles. The van der Waals surface area contributed by atoms with Crippen molar-refractivity contribution in [3.63, 3.8) is 0 Å². The summed E-state index contributed by atoms with van der Waals surface area (Å²) in [6, 6.07) is 17.0. The van der Waals surface area contributed by atoms with E-state index in [1.165, 1.54) is 28.7 Å². The van der Waals surface area contributed by atoms with E-state index in [9.17, 15) is 4.79 Å². The lowest BCUT2D eigenvalue weighted by Gasteiger charge is -2.01. The quantitative estimate of drug-likeness (QED) is 0.475. The van der Waals surface area contributed by atoms with Gasteiger partial charge in [0.15, 0.2) is 10.1 Å². The summed E-state index contributed by atoms with van der Waals surface area (Å²) in [5.74, 6) is 0.375. The van der Waals surface area contributed by atoms with Gasteiger partial charge in [0.1, 0.15) is 0 Å². The van der Waals surface area contributed by atoms with E-state index in [-0.39, 0.29) is 5.78 Å². The molecular weight excluding hydrogens is 362 g/mol. The molecule has 0 bridgehead atoms. The maximum atomic E-state index is 12.1. The van der Waals surface area contributed by atoms with Gasteiger partial charge in [0.25, 0.3) is 0 Å². The van der Waals surface area contributed by atoms with Gasteiger partial charge in [-0.1, -0.05) is 65.0 Å². The molecule has 1 heterocycles. The molecule has 3 aromatic rings. The maximum absolute atomic E-state index is 12.1. The Balaban J connectivity index is 1.50. The van der Waals surface area contributed by atoms with Gasteiger partial charge < -0.3 is 5.32 Å². The summed E-state index contributed by atoms with van der Waals surface area (Å²) in [5, 5.41) is 12.8. The highest BCUT2D eigenvalue weighted by atomic mass is 35.5. The summed E-state index contributed by atoms with van der Waals surface area (Å²) in [4.78, 5) is 12.1. The van der Waals surface area contributed by atoms with E-state index in [0.29, 0.717) is 22.9 Å². The van der Waals surface area contributed by atoms with Crippen LogP contribution in [0.5, 0.6) is 0 Å². The number of hydrogen-bond donors (Lipinski definition) is 1. The Labute approximate surface area is 153 Å². The Morgan fingerprint density at radius 2 is 1.83 bits per heavy atom. The zero-order chi connectivity index (χ0) is 16.8. The average Bonchev–Trinajstić information content (AvgIpc) is 3.07. The first kappa shape index (κ1) is 17.0. The van der Waals surface area contributed by atoms with Gasteiger partial charge in [0.2, 0.25) is 5.13 Å². The van der Waals surface area contributed by atoms with Crippen LogP contribution in [0.2, 0.25) is 5.02 Å². The number of aromatic nitrogens is 2. The third kappa shape index (κ3) is 4.80. The molecule has 0 aliphatic rings. The summed E-state index contributed by atoms with van der Waals surface area (Å²) in [6.07, 6.45) is 0. The number of nitrogens with one attached hydrogen (secondary N) is 1. The molecule has 24 heavy (non-hydrogen) atoms. The lowest BCUT2D eigenvalue weighted by Crippen LogP contribution is -2.01. The standard InChI is InChI=1S/C17H14ClN3OS2/c18-14-8-6-13(7-9-14)15(22)11-23-17-21-20-16(24-17)19-10-12-4-2-1-3-5-12/h1-9H,10-11H2,(H,19,20). The highest BCUT2D eigenvalue weighted by Gasteiger charge is 2.10. The van der Waals surface area contributed by atoms with Crippen LogP contribution in [0.25, 0.3) is 0 Å². The summed E-state index contributed by atoms with van der Waals surface area (Å²) in [6.45, 7) is 0.698. The van der Waals surface area contributed by atoms with Crippen molar-refractivity contribution in [1.29, 1.82) is 0 Å². The Morgan fingerprint density at radius 1 is 1.08 bits per heavy atom. The van der Waals surface area contributed by atoms with Crippen molar-refractivity contribution >= 4 is 45.6 Å². The minimum atomic E-state index is 0.0469. The number of ketones is 1. The van der Waals surface area contributed by atoms with Crippen LogP contribution < -0.4 is 5.32 Å². The molecule has 122 valence electrons. The van der Waals surface area contributed by atoms with E-state index >= 15 is 0 Å². The van der Waals surface area contributed by atoms with E-state index in [4.69, 9.17) is 11.6 Å². The molecule has 1 aromatic heterocycles. The van der Waals surface area contributed by atoms with Crippen LogP contribution in [-0.2, 0) is 6.54 Å². The third-order valence-corrected chi connectivity index (χ3v) is 5.45. The molecule has 4 nitrogen and oxygen atoms in total. The molecule has 0 aliphatic heterocycles. The number of rotatable bonds is 7. The Hall–Kier alpha value is -1.89. The largest absolute Gasteiger partial charge is 0.356 e. The number of carbonyl (C=O) groups excluding carboxylic acids is 1. The average molecular weight is 376 g/mol. The van der Waals surface area contributed by atoms with E-state index in [0.717, 1.165) is 9.47 Å². The molecule has 3 rings (SSSR count). The Bertz CT molecular complexity index is 806. The Morgan fingerprint density at radius 3 is 2.58 bits per heavy atom. The normalized spacial score (nSPS) is 10.5. The van der Waals surface area contributed by atoms with Crippen LogP contribution in [0, 0.1) is 0 Å². The molecular formula is C17H14ClN3OS2. The molecule has 0 aliphatic carbocycles. The zero-order valence-corrected chi connectivity index (χ0v) is 15.0. The smallest absolute Gasteiger partial charge is 0.206 e. The first-order valence-electron chi connectivity index (χ1n) is 7.23. The van der Waals surface area contributed by atoms with Gasteiger partial charge in [-0.05, 0) is 29.8 Å². The monoisotopic (exact) mass is 375 g/mol. The predicted molar refractivity (Wildman–Crippen MR) is 100 cm³/mol. The van der Waals surface area contributed by atoms with E-state index in [2.05, 4.69) is 27.6 Å². The van der Waals surface area contributed by atoms with Crippen molar-refractivity contribution in [1.82, 2.24) is 10.2 Å². The van der Waals surface area contributed by atoms with Gasteiger partial charge in [-0.3, -0.25) is 4.79 Å². The molecule has 0 radical (unpaired) electrons. The highest BCUT2D eigenvalue weighted by molar-refractivity contribution is 8.01. The lowest BCUT2D eigenvalue weighted by molar-refractivity contribution is 0.102. The second-order valence-corrected chi connectivity index (χ2v) is 7.57. The van der Waals surface area contributed by atoms with Crippen molar-refractivity contribution in [3.8, 4) is 0 Å². The molecule has 1 N–H and O–H groups in total. The molecule has 0 spiro atoms. The summed E-state index contributed by atoms with van der Waals surface area (Å²) >= 11 is 8.67. The number of carbonyl (C=O) groups is 1. The fourth-order valence-electron chi connectivity index (χ4n) is 1.96. The first-order valence-corrected chi connectivity index (χ1v) is 9.41. The van der Waals surface area contributed by atoms with Crippen LogP contribution >= 0.6 is 34.7 Å². The van der Waals surface area contributed by atoms with E-state index < -0.39 is 0 Å². The Kier molecular flexibility index (Phi) is 5.85. The molecule has 0 fully saturated rings. The van der Waals surface area contributed by atoms with Gasteiger partial charge in [-0.2, -0.15) is 0 Å². The van der Waals surface area contributed by atoms with Crippen molar-refractivity contribution in [3.05, 3.63) is 70.7 Å². The number of anilines is 1. The summed E-state index contributed by atoms with van der Waals surface area (Å²) in [5.41, 5.74) is 1.83. The fourth-order valence-corrected chi connectivity index (χ4v) is 3.73. The second kappa shape index (κ2) is 8.28. The fraction of sp³-hybridized carbons (Fsp3) is 0.118. The second-order valence-electron chi connectivity index (χ2n) is 4.93. The van der Waals surface area contributed by atoms with Crippen molar-refractivity contribution in [2.75, 3.05) is 11.1 Å². The topological polar surface area (TPSA) is 54.9 Å². The van der Waals surface area contributed by atoms with Crippen molar-refractivity contribution in [2.24, 2.45) is 0 Å². The third-order valence-electron chi connectivity index (χ3n) is 3.19. The van der Waals surface area contributed by atoms with Gasteiger partial charge in [-0.25, -0.2) is 0 Å². The predicted octanol–water partition coefficient (Wildman–Crippen LogP) is 4.78. The van der Waals surface area contributed by atoms with Crippen LogP contribution in [0.1, 0.15) is 15.9 Å². The number of halogens is 1. The summed E-state index contributed by atoms with van der Waals surface area (Å²) in [7, 11) is 0. The van der Waals surface area contributed by atoms with Gasteiger partial charge >= 0.3 is 0 Å². The molecule has 0 atom stereocenters. The van der Waals surface area contributed by atoms with Crippen LogP contribution in [-0.4, -0.2) is 21.7 Å². The van der Waals surface area contributed by atoms with E-state index in [1.54, 1.807) is 24.3 Å². The van der Waals surface area contributed by atoms with Crippen molar-refractivity contribution in [2.45, 2.75) is 10.9 Å². The van der Waals surface area contributed by atoms with Crippen molar-refractivity contribution < 1.29 is 4.79 Å². The molecule has 0 unspecified atom stereocenters. The number of thioether (sulfide) groups is 1. The maximum Gasteiger partial charge on any atom is 0.206 e. The van der Waals surface area contributed by atoms with Crippen LogP contribution in [0.4, 0.5) is 5.13 Å². The number of benzene rings is 2. The highest BCUT2D eigenvalue weighted by Crippen LogP contribution is 2.26. The minimum absolute atomic E-state index is 0.0469. The number of hydrogen-bond acceptors (Lipinski definition) is 6. The number of Topliss-reactive ketones (excluding diaryl/α,β-unsaturated/α-hetero) is 1. The zero-order valence-electron chi connectivity index (χ0n) is 12.6. The summed E-state index contributed by atoms with van der Waals surface area (Å²) < 4.78 is 0.771. The van der Waals surface area contributed by atoms with Gasteiger partial charge in [-0.15, -0.1) is 10.2 Å². The number of nitrogens with zero attached hydrogens (tertiary/aromatic N) is 2. The molecule has 0 saturated heterocycles. The lowest BCUT2D eigenvalue weighted by atomic mass is 10.1. The van der Waals surface area contributed by atoms with Crippen LogP contribution in [0.15, 0.2) is 58.9 Å². The minimum Gasteiger partial charge on any atom is -0.356 e. The van der Waals surface area contributed by atoms with E-state index in [1.807, 2.05) is 18.2 Å². The van der Waals surface area contributed by atoms with Gasteiger partial charge in [0, 0.05) is 17.1 Å². The van der Waals surface area contributed by atoms with Crippen LogP contribution in [0.3, 0.4) is 0 Å². The molecule has 0 amide bonds. The first-order chi connectivity index (χ1) is 11.7. The molecule has 7 heteroatoms.